The molecule has 0 heterocycles. The normalized spacial score (nSPS) is 12.2. The third-order valence-electron chi connectivity index (χ3n) is 2.43. The first-order valence-corrected chi connectivity index (χ1v) is 5.78. The fourth-order valence-corrected chi connectivity index (χ4v) is 1.63. The van der Waals surface area contributed by atoms with Gasteiger partial charge in [-0.25, -0.2) is 0 Å². The summed E-state index contributed by atoms with van der Waals surface area (Å²) < 4.78 is 10.3. The standard InChI is InChI=1S/C13H21NO3/c1-4-17-13-7-5-11(6-8-13)14(2)9-12(15)10-16-3/h5-8,12,15H,4,9-10H2,1-3H3/t12-/m0/s1. The second-order valence-corrected chi connectivity index (χ2v) is 3.92. The van der Waals surface area contributed by atoms with Crippen molar-refractivity contribution in [3.63, 3.8) is 0 Å². The van der Waals surface area contributed by atoms with Crippen molar-refractivity contribution in [1.29, 1.82) is 0 Å². The van der Waals surface area contributed by atoms with Crippen LogP contribution in [-0.4, -0.2) is 45.1 Å². The second kappa shape index (κ2) is 7.14. The molecule has 1 N–H and O–H groups in total. The molecule has 17 heavy (non-hydrogen) atoms. The lowest BCUT2D eigenvalue weighted by molar-refractivity contribution is 0.0695. The minimum absolute atomic E-state index is 0.349. The fourth-order valence-electron chi connectivity index (χ4n) is 1.63. The van der Waals surface area contributed by atoms with Crippen LogP contribution >= 0.6 is 0 Å². The summed E-state index contributed by atoms with van der Waals surface area (Å²) in [5, 5.41) is 9.63. The first kappa shape index (κ1) is 13.8. The fraction of sp³-hybridized carbons (Fsp3) is 0.538. The number of rotatable bonds is 7. The van der Waals surface area contributed by atoms with E-state index >= 15 is 0 Å². The Balaban J connectivity index is 2.53. The monoisotopic (exact) mass is 239 g/mol. The highest BCUT2D eigenvalue weighted by Crippen LogP contribution is 2.18. The van der Waals surface area contributed by atoms with Crippen molar-refractivity contribution in [2.75, 3.05) is 38.8 Å². The van der Waals surface area contributed by atoms with Gasteiger partial charge in [0, 0.05) is 26.4 Å². The van der Waals surface area contributed by atoms with Crippen LogP contribution in [0.5, 0.6) is 5.75 Å². The summed E-state index contributed by atoms with van der Waals surface area (Å²) in [6.07, 6.45) is -0.475. The minimum Gasteiger partial charge on any atom is -0.494 e. The van der Waals surface area contributed by atoms with Crippen LogP contribution in [0.15, 0.2) is 24.3 Å². The Kier molecular flexibility index (Phi) is 5.80. The van der Waals surface area contributed by atoms with Gasteiger partial charge in [-0.15, -0.1) is 0 Å². The van der Waals surface area contributed by atoms with Gasteiger partial charge >= 0.3 is 0 Å². The van der Waals surface area contributed by atoms with Gasteiger partial charge in [-0.05, 0) is 31.2 Å². The minimum atomic E-state index is -0.475. The van der Waals surface area contributed by atoms with E-state index in [-0.39, 0.29) is 0 Å². The summed E-state index contributed by atoms with van der Waals surface area (Å²) in [5.41, 5.74) is 1.05. The van der Waals surface area contributed by atoms with Gasteiger partial charge in [0.2, 0.25) is 0 Å². The summed E-state index contributed by atoms with van der Waals surface area (Å²) in [5.74, 6) is 0.863. The van der Waals surface area contributed by atoms with Crippen molar-refractivity contribution in [2.45, 2.75) is 13.0 Å². The molecule has 0 unspecified atom stereocenters. The van der Waals surface area contributed by atoms with E-state index in [1.54, 1.807) is 7.11 Å². The van der Waals surface area contributed by atoms with Crippen LogP contribution in [0.4, 0.5) is 5.69 Å². The SMILES string of the molecule is CCOc1ccc(N(C)C[C@H](O)COC)cc1. The zero-order valence-corrected chi connectivity index (χ0v) is 10.7. The molecule has 0 saturated heterocycles. The summed E-state index contributed by atoms with van der Waals surface area (Å²) in [7, 11) is 3.52. The number of aliphatic hydroxyl groups is 1. The number of ether oxygens (including phenoxy) is 2. The average Bonchev–Trinajstić information content (AvgIpc) is 2.30. The molecule has 0 amide bonds. The van der Waals surface area contributed by atoms with Crippen molar-refractivity contribution in [2.24, 2.45) is 0 Å². The van der Waals surface area contributed by atoms with E-state index in [2.05, 4.69) is 0 Å². The number of benzene rings is 1. The van der Waals surface area contributed by atoms with Crippen LogP contribution in [0.25, 0.3) is 0 Å². The highest BCUT2D eigenvalue weighted by Gasteiger charge is 2.08. The number of methoxy groups -OCH3 is 1. The van der Waals surface area contributed by atoms with Crippen molar-refractivity contribution in [3.05, 3.63) is 24.3 Å². The molecule has 0 bridgehead atoms. The summed E-state index contributed by atoms with van der Waals surface area (Å²) in [4.78, 5) is 1.99. The van der Waals surface area contributed by atoms with Gasteiger partial charge in [0.05, 0.1) is 19.3 Å². The maximum absolute atomic E-state index is 9.63. The molecule has 4 nitrogen and oxygen atoms in total. The van der Waals surface area contributed by atoms with Crippen molar-refractivity contribution < 1.29 is 14.6 Å². The van der Waals surface area contributed by atoms with E-state index in [1.165, 1.54) is 0 Å². The highest BCUT2D eigenvalue weighted by molar-refractivity contribution is 5.48. The summed E-state index contributed by atoms with van der Waals surface area (Å²) in [6, 6.07) is 7.81. The van der Waals surface area contributed by atoms with Crippen LogP contribution in [0, 0.1) is 0 Å². The predicted octanol–water partition coefficient (Wildman–Crippen LogP) is 1.53. The number of likely N-dealkylation sites (N-methyl/N-ethyl adjacent to an activating group) is 1. The molecule has 0 saturated carbocycles. The molecule has 0 spiro atoms. The first-order chi connectivity index (χ1) is 8.17. The van der Waals surface area contributed by atoms with Gasteiger partial charge in [-0.3, -0.25) is 0 Å². The number of nitrogens with zero attached hydrogens (tertiary/aromatic N) is 1. The molecule has 4 heteroatoms. The third kappa shape index (κ3) is 4.63. The van der Waals surface area contributed by atoms with Crippen LogP contribution in [0.3, 0.4) is 0 Å². The van der Waals surface area contributed by atoms with Gasteiger partial charge in [-0.2, -0.15) is 0 Å². The zero-order valence-electron chi connectivity index (χ0n) is 10.7. The molecule has 0 aliphatic carbocycles. The van der Waals surface area contributed by atoms with Crippen LogP contribution in [0.1, 0.15) is 6.92 Å². The van der Waals surface area contributed by atoms with Crippen LogP contribution in [-0.2, 0) is 4.74 Å². The van der Waals surface area contributed by atoms with Gasteiger partial charge in [0.15, 0.2) is 0 Å². The van der Waals surface area contributed by atoms with Gasteiger partial charge in [0.25, 0.3) is 0 Å². The molecule has 96 valence electrons. The van der Waals surface area contributed by atoms with E-state index in [4.69, 9.17) is 9.47 Å². The zero-order chi connectivity index (χ0) is 12.7. The van der Waals surface area contributed by atoms with Gasteiger partial charge in [-0.1, -0.05) is 0 Å². The third-order valence-corrected chi connectivity index (χ3v) is 2.43. The Labute approximate surface area is 103 Å². The van der Waals surface area contributed by atoms with E-state index in [0.717, 1.165) is 11.4 Å². The quantitative estimate of drug-likeness (QED) is 0.783. The van der Waals surface area contributed by atoms with E-state index in [9.17, 15) is 5.11 Å². The van der Waals surface area contributed by atoms with Crippen LogP contribution in [0.2, 0.25) is 0 Å². The first-order valence-electron chi connectivity index (χ1n) is 5.78. The topological polar surface area (TPSA) is 41.9 Å². The van der Waals surface area contributed by atoms with Crippen molar-refractivity contribution >= 4 is 5.69 Å². The van der Waals surface area contributed by atoms with Crippen LogP contribution < -0.4 is 9.64 Å². The Bertz CT molecular complexity index is 313. The molecule has 1 aromatic carbocycles. The molecule has 0 aliphatic rings. The largest absolute Gasteiger partial charge is 0.494 e. The Morgan fingerprint density at radius 1 is 1.29 bits per heavy atom. The second-order valence-electron chi connectivity index (χ2n) is 3.92. The van der Waals surface area contributed by atoms with Gasteiger partial charge in [0.1, 0.15) is 5.75 Å². The molecule has 0 fully saturated rings. The predicted molar refractivity (Wildman–Crippen MR) is 68.8 cm³/mol. The summed E-state index contributed by atoms with van der Waals surface area (Å²) in [6.45, 7) is 3.52. The lowest BCUT2D eigenvalue weighted by atomic mass is 10.2. The molecular weight excluding hydrogens is 218 g/mol. The average molecular weight is 239 g/mol. The lowest BCUT2D eigenvalue weighted by Crippen LogP contribution is -2.31. The van der Waals surface area contributed by atoms with E-state index in [1.807, 2.05) is 43.1 Å². The van der Waals surface area contributed by atoms with E-state index < -0.39 is 6.10 Å². The van der Waals surface area contributed by atoms with E-state index in [0.29, 0.717) is 19.8 Å². The highest BCUT2D eigenvalue weighted by atomic mass is 16.5. The number of hydrogen-bond donors (Lipinski definition) is 1. The number of aliphatic hydroxyl groups excluding tert-OH is 1. The molecule has 0 radical (unpaired) electrons. The molecule has 0 aliphatic heterocycles. The smallest absolute Gasteiger partial charge is 0.119 e. The Hall–Kier alpha value is -1.26. The maximum atomic E-state index is 9.63. The molecule has 0 aromatic heterocycles. The maximum Gasteiger partial charge on any atom is 0.119 e. The van der Waals surface area contributed by atoms with Gasteiger partial charge < -0.3 is 19.5 Å². The Morgan fingerprint density at radius 2 is 1.94 bits per heavy atom. The van der Waals surface area contributed by atoms with Crippen molar-refractivity contribution in [3.8, 4) is 5.75 Å². The number of anilines is 1. The summed E-state index contributed by atoms with van der Waals surface area (Å²) >= 11 is 0. The number of hydrogen-bond acceptors (Lipinski definition) is 4. The molecule has 1 rings (SSSR count). The molecule has 1 aromatic rings. The molecule has 1 atom stereocenters. The molecular formula is C13H21NO3. The Morgan fingerprint density at radius 3 is 2.47 bits per heavy atom. The lowest BCUT2D eigenvalue weighted by Gasteiger charge is -2.22. The van der Waals surface area contributed by atoms with Crippen molar-refractivity contribution in [1.82, 2.24) is 0 Å².